The molecule has 1 aromatic heterocycles. The Balaban J connectivity index is 1.54. The van der Waals surface area contributed by atoms with Crippen LogP contribution in [0.1, 0.15) is 51.7 Å². The van der Waals surface area contributed by atoms with E-state index in [0.717, 1.165) is 91.6 Å². The molecular formula is C35H47FN4O3. The zero-order chi connectivity index (χ0) is 30.8. The number of halogens is 1. The SMILES string of the molecule is CCN(CC)CCCOc1cc(OCCCN(CC)CC)c2nc(-c3ccc(Oc4ccc(F)c(C)c4)cc3C)[nH]c2c1. The third kappa shape index (κ3) is 8.71. The molecule has 4 aromatic rings. The number of nitrogens with one attached hydrogen (secondary N) is 1. The number of aromatic amines is 1. The molecule has 0 aliphatic rings. The van der Waals surface area contributed by atoms with Crippen LogP contribution in [0.25, 0.3) is 22.4 Å². The van der Waals surface area contributed by atoms with Crippen molar-refractivity contribution in [2.24, 2.45) is 0 Å². The summed E-state index contributed by atoms with van der Waals surface area (Å²) in [5.41, 5.74) is 4.18. The van der Waals surface area contributed by atoms with Gasteiger partial charge in [0, 0.05) is 30.8 Å². The van der Waals surface area contributed by atoms with Crippen LogP contribution >= 0.6 is 0 Å². The van der Waals surface area contributed by atoms with Crippen LogP contribution in [0.5, 0.6) is 23.0 Å². The quantitative estimate of drug-likeness (QED) is 0.126. The van der Waals surface area contributed by atoms with Crippen molar-refractivity contribution in [2.75, 3.05) is 52.5 Å². The van der Waals surface area contributed by atoms with Gasteiger partial charge in [0.2, 0.25) is 0 Å². The highest BCUT2D eigenvalue weighted by Gasteiger charge is 2.15. The van der Waals surface area contributed by atoms with Crippen LogP contribution in [0.3, 0.4) is 0 Å². The third-order valence-corrected chi connectivity index (χ3v) is 7.90. The molecule has 8 heteroatoms. The number of fused-ring (bicyclic) bond motifs is 1. The average Bonchev–Trinajstić information content (AvgIpc) is 3.43. The Bertz CT molecular complexity index is 1460. The molecule has 232 valence electrons. The summed E-state index contributed by atoms with van der Waals surface area (Å²) in [5.74, 6) is 3.29. The smallest absolute Gasteiger partial charge is 0.150 e. The Kier molecular flexibility index (Phi) is 11.8. The largest absolute Gasteiger partial charge is 0.493 e. The lowest BCUT2D eigenvalue weighted by Gasteiger charge is -2.18. The first-order valence-corrected chi connectivity index (χ1v) is 15.6. The molecule has 0 aliphatic carbocycles. The number of hydrogen-bond acceptors (Lipinski definition) is 6. The monoisotopic (exact) mass is 590 g/mol. The predicted molar refractivity (Wildman–Crippen MR) is 173 cm³/mol. The summed E-state index contributed by atoms with van der Waals surface area (Å²) in [5, 5.41) is 0. The zero-order valence-electron chi connectivity index (χ0n) is 26.6. The molecule has 43 heavy (non-hydrogen) atoms. The van der Waals surface area contributed by atoms with Crippen LogP contribution in [0.15, 0.2) is 48.5 Å². The summed E-state index contributed by atoms with van der Waals surface area (Å²) in [6.45, 7) is 19.9. The molecule has 0 fully saturated rings. The van der Waals surface area contributed by atoms with E-state index in [1.54, 1.807) is 19.1 Å². The zero-order valence-corrected chi connectivity index (χ0v) is 26.6. The molecule has 1 heterocycles. The van der Waals surface area contributed by atoms with Crippen molar-refractivity contribution in [3.05, 3.63) is 65.5 Å². The molecule has 0 saturated heterocycles. The molecule has 7 nitrogen and oxygen atoms in total. The van der Waals surface area contributed by atoms with E-state index in [1.807, 2.05) is 37.3 Å². The van der Waals surface area contributed by atoms with Gasteiger partial charge >= 0.3 is 0 Å². The fourth-order valence-electron chi connectivity index (χ4n) is 5.19. The highest BCUT2D eigenvalue weighted by molar-refractivity contribution is 5.87. The number of aryl methyl sites for hydroxylation is 2. The Labute approximate surface area is 256 Å². The van der Waals surface area contributed by atoms with Crippen molar-refractivity contribution in [3.8, 4) is 34.4 Å². The molecule has 3 aromatic carbocycles. The van der Waals surface area contributed by atoms with Crippen molar-refractivity contribution in [1.82, 2.24) is 19.8 Å². The Hall–Kier alpha value is -3.62. The van der Waals surface area contributed by atoms with Gasteiger partial charge in [0.25, 0.3) is 0 Å². The van der Waals surface area contributed by atoms with Crippen LogP contribution in [0.4, 0.5) is 4.39 Å². The van der Waals surface area contributed by atoms with Gasteiger partial charge in [-0.3, -0.25) is 0 Å². The number of nitrogens with zero attached hydrogens (tertiary/aromatic N) is 3. The van der Waals surface area contributed by atoms with Gasteiger partial charge in [0.05, 0.1) is 18.7 Å². The molecule has 0 spiro atoms. The number of ether oxygens (including phenoxy) is 3. The number of benzene rings is 3. The topological polar surface area (TPSA) is 62.9 Å². The lowest BCUT2D eigenvalue weighted by Crippen LogP contribution is -2.25. The molecule has 0 atom stereocenters. The first-order valence-electron chi connectivity index (χ1n) is 15.6. The highest BCUT2D eigenvalue weighted by atomic mass is 19.1. The number of imidazole rings is 1. The van der Waals surface area contributed by atoms with Crippen LogP contribution < -0.4 is 14.2 Å². The van der Waals surface area contributed by atoms with Crippen molar-refractivity contribution < 1.29 is 18.6 Å². The van der Waals surface area contributed by atoms with E-state index in [2.05, 4.69) is 42.5 Å². The minimum Gasteiger partial charge on any atom is -0.493 e. The van der Waals surface area contributed by atoms with Gasteiger partial charge in [-0.05, 0) is 100 Å². The molecule has 1 N–H and O–H groups in total. The molecule has 0 radical (unpaired) electrons. The van der Waals surface area contributed by atoms with E-state index >= 15 is 0 Å². The Morgan fingerprint density at radius 2 is 1.33 bits per heavy atom. The van der Waals surface area contributed by atoms with Gasteiger partial charge < -0.3 is 29.0 Å². The van der Waals surface area contributed by atoms with Crippen molar-refractivity contribution in [1.29, 1.82) is 0 Å². The van der Waals surface area contributed by atoms with E-state index in [9.17, 15) is 4.39 Å². The predicted octanol–water partition coefficient (Wildman–Crippen LogP) is 8.00. The maximum absolute atomic E-state index is 13.7. The first kappa shape index (κ1) is 32.3. The van der Waals surface area contributed by atoms with Crippen molar-refractivity contribution in [2.45, 2.75) is 54.4 Å². The summed E-state index contributed by atoms with van der Waals surface area (Å²) in [4.78, 5) is 13.3. The van der Waals surface area contributed by atoms with Crippen molar-refractivity contribution >= 4 is 11.0 Å². The highest BCUT2D eigenvalue weighted by Crippen LogP contribution is 2.34. The van der Waals surface area contributed by atoms with Gasteiger partial charge in [-0.1, -0.05) is 27.7 Å². The Morgan fingerprint density at radius 3 is 1.93 bits per heavy atom. The fraction of sp³-hybridized carbons (Fsp3) is 0.457. The van der Waals surface area contributed by atoms with E-state index < -0.39 is 0 Å². The molecule has 0 bridgehead atoms. The second-order valence-corrected chi connectivity index (χ2v) is 10.9. The van der Waals surface area contributed by atoms with Crippen LogP contribution in [-0.2, 0) is 0 Å². The summed E-state index contributed by atoms with van der Waals surface area (Å²) in [6, 6.07) is 14.6. The van der Waals surface area contributed by atoms with Gasteiger partial charge in [0.1, 0.15) is 34.4 Å². The number of hydrogen-bond donors (Lipinski definition) is 1. The number of H-pyrrole nitrogens is 1. The minimum atomic E-state index is -0.246. The van der Waals surface area contributed by atoms with E-state index in [1.165, 1.54) is 6.07 Å². The van der Waals surface area contributed by atoms with E-state index in [-0.39, 0.29) is 5.82 Å². The van der Waals surface area contributed by atoms with E-state index in [0.29, 0.717) is 30.3 Å². The van der Waals surface area contributed by atoms with Gasteiger partial charge in [0.15, 0.2) is 5.75 Å². The second kappa shape index (κ2) is 15.7. The van der Waals surface area contributed by atoms with Crippen LogP contribution in [-0.4, -0.2) is 72.3 Å². The maximum atomic E-state index is 13.7. The number of rotatable bonds is 17. The maximum Gasteiger partial charge on any atom is 0.150 e. The lowest BCUT2D eigenvalue weighted by molar-refractivity contribution is 0.243. The Morgan fingerprint density at radius 1 is 0.721 bits per heavy atom. The van der Waals surface area contributed by atoms with Gasteiger partial charge in [-0.15, -0.1) is 0 Å². The molecule has 0 aliphatic heterocycles. The molecular weight excluding hydrogens is 543 g/mol. The summed E-state index contributed by atoms with van der Waals surface area (Å²) in [6.07, 6.45) is 1.89. The van der Waals surface area contributed by atoms with Gasteiger partial charge in [-0.25, -0.2) is 9.37 Å². The van der Waals surface area contributed by atoms with Gasteiger partial charge in [-0.2, -0.15) is 0 Å². The number of aromatic nitrogens is 2. The lowest BCUT2D eigenvalue weighted by atomic mass is 10.1. The first-order chi connectivity index (χ1) is 20.8. The van der Waals surface area contributed by atoms with Crippen LogP contribution in [0, 0.1) is 19.7 Å². The third-order valence-electron chi connectivity index (χ3n) is 7.90. The molecule has 0 saturated carbocycles. The van der Waals surface area contributed by atoms with Crippen LogP contribution in [0.2, 0.25) is 0 Å². The summed E-state index contributed by atoms with van der Waals surface area (Å²) < 4.78 is 32.2. The standard InChI is InChI=1S/C35H47FN4O3/c1-7-39(8-2)17-11-19-41-29-23-32-34(33(24-29)42-20-12-18-40(9-3)10-4)38-35(37-32)30-15-13-27(21-25(30)5)43-28-14-16-31(36)26(6)22-28/h13-16,21-24H,7-12,17-20H2,1-6H3,(H,37,38). The normalized spacial score (nSPS) is 11.6. The molecule has 0 unspecified atom stereocenters. The molecule has 0 amide bonds. The summed E-state index contributed by atoms with van der Waals surface area (Å²) >= 11 is 0. The fourth-order valence-corrected chi connectivity index (χ4v) is 5.19. The second-order valence-electron chi connectivity index (χ2n) is 10.9. The average molecular weight is 591 g/mol. The van der Waals surface area contributed by atoms with E-state index in [4.69, 9.17) is 19.2 Å². The summed E-state index contributed by atoms with van der Waals surface area (Å²) in [7, 11) is 0. The molecule has 4 rings (SSSR count). The van der Waals surface area contributed by atoms with Crippen molar-refractivity contribution in [3.63, 3.8) is 0 Å². The minimum absolute atomic E-state index is 0.246.